The van der Waals surface area contributed by atoms with Crippen molar-refractivity contribution in [1.29, 1.82) is 0 Å². The molecule has 2 aromatic heterocycles. The van der Waals surface area contributed by atoms with Crippen molar-refractivity contribution in [1.82, 2.24) is 24.5 Å². The molecule has 122 valence electrons. The molecule has 8 heteroatoms. The van der Waals surface area contributed by atoms with Crippen LogP contribution < -0.4 is 4.90 Å². The molecule has 1 atom stereocenters. The maximum Gasteiger partial charge on any atom is 0.256 e. The van der Waals surface area contributed by atoms with Gasteiger partial charge in [-0.1, -0.05) is 12.1 Å². The molecular formula is C15H21N7O. The van der Waals surface area contributed by atoms with Crippen LogP contribution in [0.15, 0.2) is 23.7 Å². The summed E-state index contributed by atoms with van der Waals surface area (Å²) in [6, 6.07) is 2.02. The molecule has 0 aliphatic carbocycles. The summed E-state index contributed by atoms with van der Waals surface area (Å²) in [5.74, 6) is 1.75. The average Bonchev–Trinajstić information content (AvgIpc) is 3.24. The van der Waals surface area contributed by atoms with E-state index < -0.39 is 0 Å². The third-order valence-corrected chi connectivity index (χ3v) is 4.55. The topological polar surface area (TPSA) is 71.2 Å². The van der Waals surface area contributed by atoms with Crippen LogP contribution in [0.4, 0.5) is 5.82 Å². The highest BCUT2D eigenvalue weighted by Crippen LogP contribution is 2.18. The third-order valence-electron chi connectivity index (χ3n) is 4.55. The fraction of sp³-hybridized carbons (Fsp3) is 0.600. The van der Waals surface area contributed by atoms with Crippen LogP contribution in [0.1, 0.15) is 19.8 Å². The van der Waals surface area contributed by atoms with E-state index in [1.54, 1.807) is 12.5 Å². The van der Waals surface area contributed by atoms with Crippen LogP contribution in [0.25, 0.3) is 5.78 Å². The Labute approximate surface area is 134 Å². The lowest BCUT2D eigenvalue weighted by Crippen LogP contribution is -2.49. The van der Waals surface area contributed by atoms with Gasteiger partial charge in [0.05, 0.1) is 5.71 Å². The molecule has 0 amide bonds. The summed E-state index contributed by atoms with van der Waals surface area (Å²) >= 11 is 0. The van der Waals surface area contributed by atoms with Gasteiger partial charge in [-0.05, 0) is 12.5 Å². The Hall–Kier alpha value is -2.22. The molecule has 0 spiro atoms. The quantitative estimate of drug-likeness (QED) is 0.831. The van der Waals surface area contributed by atoms with Gasteiger partial charge in [0, 0.05) is 45.3 Å². The van der Waals surface area contributed by atoms with Crippen molar-refractivity contribution in [2.75, 3.05) is 37.6 Å². The highest BCUT2D eigenvalue weighted by molar-refractivity contribution is 5.85. The van der Waals surface area contributed by atoms with E-state index in [-0.39, 0.29) is 6.10 Å². The highest BCUT2D eigenvalue weighted by atomic mass is 16.6. The molecule has 2 aromatic rings. The van der Waals surface area contributed by atoms with Crippen LogP contribution in [-0.4, -0.2) is 69.0 Å². The smallest absolute Gasteiger partial charge is 0.256 e. The minimum absolute atomic E-state index is 0.224. The van der Waals surface area contributed by atoms with Crippen molar-refractivity contribution in [2.24, 2.45) is 5.16 Å². The van der Waals surface area contributed by atoms with Gasteiger partial charge < -0.3 is 9.74 Å². The van der Waals surface area contributed by atoms with Gasteiger partial charge in [0.25, 0.3) is 5.78 Å². The van der Waals surface area contributed by atoms with Gasteiger partial charge in [0.2, 0.25) is 0 Å². The number of hydrogen-bond acceptors (Lipinski definition) is 7. The van der Waals surface area contributed by atoms with Gasteiger partial charge in [-0.3, -0.25) is 9.30 Å². The molecule has 4 rings (SSSR count). The first-order valence-corrected chi connectivity index (χ1v) is 8.17. The molecule has 0 bridgehead atoms. The third kappa shape index (κ3) is 2.86. The maximum absolute atomic E-state index is 5.52. The lowest BCUT2D eigenvalue weighted by molar-refractivity contribution is 0.0510. The molecule has 2 aliphatic rings. The fourth-order valence-corrected chi connectivity index (χ4v) is 3.23. The van der Waals surface area contributed by atoms with Crippen molar-refractivity contribution in [3.8, 4) is 0 Å². The molecule has 1 fully saturated rings. The summed E-state index contributed by atoms with van der Waals surface area (Å²) < 4.78 is 1.94. The highest BCUT2D eigenvalue weighted by Gasteiger charge is 2.25. The van der Waals surface area contributed by atoms with Crippen molar-refractivity contribution in [3.05, 3.63) is 18.6 Å². The Morgan fingerprint density at radius 1 is 1.26 bits per heavy atom. The predicted octanol–water partition coefficient (Wildman–Crippen LogP) is 0.801. The molecule has 23 heavy (non-hydrogen) atoms. The van der Waals surface area contributed by atoms with E-state index in [2.05, 4.69) is 37.1 Å². The van der Waals surface area contributed by atoms with E-state index in [1.807, 2.05) is 10.5 Å². The molecule has 0 saturated carbocycles. The fourth-order valence-electron chi connectivity index (χ4n) is 3.23. The molecule has 1 saturated heterocycles. The first-order valence-electron chi connectivity index (χ1n) is 8.17. The van der Waals surface area contributed by atoms with Crippen molar-refractivity contribution < 1.29 is 4.84 Å². The van der Waals surface area contributed by atoms with Crippen LogP contribution in [0.5, 0.6) is 0 Å². The number of aromatic nitrogens is 4. The van der Waals surface area contributed by atoms with E-state index in [0.717, 1.165) is 51.4 Å². The van der Waals surface area contributed by atoms with Gasteiger partial charge in [-0.15, -0.1) is 10.2 Å². The van der Waals surface area contributed by atoms with Crippen LogP contribution in [0.3, 0.4) is 0 Å². The number of oxime groups is 1. The van der Waals surface area contributed by atoms with Crippen LogP contribution in [0.2, 0.25) is 0 Å². The zero-order valence-electron chi connectivity index (χ0n) is 13.3. The number of rotatable bonds is 4. The second-order valence-electron chi connectivity index (χ2n) is 6.03. The molecule has 0 N–H and O–H groups in total. The molecule has 4 heterocycles. The summed E-state index contributed by atoms with van der Waals surface area (Å²) in [6.45, 7) is 7.08. The lowest BCUT2D eigenvalue weighted by atomic mass is 10.1. The first-order chi connectivity index (χ1) is 11.3. The Morgan fingerprint density at radius 2 is 2.13 bits per heavy atom. The molecule has 8 nitrogen and oxygen atoms in total. The molecular weight excluding hydrogens is 294 g/mol. The first kappa shape index (κ1) is 14.4. The molecule has 2 aliphatic heterocycles. The standard InChI is InChI=1S/C15H21N7O/c1-2-12-9-13(23-19-12)10-20-5-7-21(8-6-20)14-3-4-16-15-18-17-11-22(14)15/h3-4,11,13H,2,5-10H2,1H3/t13-/m1/s1. The van der Waals surface area contributed by atoms with Gasteiger partial charge in [-0.25, -0.2) is 4.98 Å². The second-order valence-corrected chi connectivity index (χ2v) is 6.03. The van der Waals surface area contributed by atoms with Crippen LogP contribution in [-0.2, 0) is 4.84 Å². The van der Waals surface area contributed by atoms with Gasteiger partial charge in [-0.2, -0.15) is 0 Å². The summed E-state index contributed by atoms with van der Waals surface area (Å²) in [4.78, 5) is 14.6. The summed E-state index contributed by atoms with van der Waals surface area (Å²) in [6.07, 6.45) is 5.70. The lowest BCUT2D eigenvalue weighted by Gasteiger charge is -2.36. The van der Waals surface area contributed by atoms with E-state index in [9.17, 15) is 0 Å². The van der Waals surface area contributed by atoms with Gasteiger partial charge in [0.15, 0.2) is 0 Å². The van der Waals surface area contributed by atoms with Gasteiger partial charge >= 0.3 is 0 Å². The molecule has 0 unspecified atom stereocenters. The molecule has 0 aromatic carbocycles. The zero-order chi connectivity index (χ0) is 15.6. The Balaban J connectivity index is 1.35. The predicted molar refractivity (Wildman–Crippen MR) is 86.7 cm³/mol. The minimum Gasteiger partial charge on any atom is -0.391 e. The summed E-state index contributed by atoms with van der Waals surface area (Å²) in [7, 11) is 0. The van der Waals surface area contributed by atoms with Crippen LogP contribution in [0, 0.1) is 0 Å². The normalized spacial score (nSPS) is 22.4. The largest absolute Gasteiger partial charge is 0.391 e. The maximum atomic E-state index is 5.52. The average molecular weight is 315 g/mol. The van der Waals surface area contributed by atoms with E-state index in [1.165, 1.54) is 5.71 Å². The Morgan fingerprint density at radius 3 is 2.91 bits per heavy atom. The van der Waals surface area contributed by atoms with Crippen LogP contribution >= 0.6 is 0 Å². The Kier molecular flexibility index (Phi) is 3.82. The second kappa shape index (κ2) is 6.11. The van der Waals surface area contributed by atoms with Crippen molar-refractivity contribution >= 4 is 17.3 Å². The number of nitrogens with zero attached hydrogens (tertiary/aromatic N) is 7. The van der Waals surface area contributed by atoms with E-state index in [0.29, 0.717) is 5.78 Å². The number of anilines is 1. The van der Waals surface area contributed by atoms with E-state index in [4.69, 9.17) is 4.84 Å². The number of fused-ring (bicyclic) bond motifs is 1. The van der Waals surface area contributed by atoms with E-state index >= 15 is 0 Å². The SMILES string of the molecule is CCC1=NO[C@@H](CN2CCN(c3ccnc4nncn34)CC2)C1. The molecule has 0 radical (unpaired) electrons. The van der Waals surface area contributed by atoms with Gasteiger partial charge in [0.1, 0.15) is 18.2 Å². The summed E-state index contributed by atoms with van der Waals surface area (Å²) in [5.41, 5.74) is 1.18. The number of piperazine rings is 1. The Bertz CT molecular complexity index is 705. The van der Waals surface area contributed by atoms with Crippen molar-refractivity contribution in [3.63, 3.8) is 0 Å². The monoisotopic (exact) mass is 315 g/mol. The number of hydrogen-bond donors (Lipinski definition) is 0. The minimum atomic E-state index is 0.224. The van der Waals surface area contributed by atoms with Crippen molar-refractivity contribution in [2.45, 2.75) is 25.9 Å². The zero-order valence-corrected chi connectivity index (χ0v) is 13.3. The summed E-state index contributed by atoms with van der Waals surface area (Å²) in [5, 5.41) is 12.1.